The Morgan fingerprint density at radius 1 is 1.09 bits per heavy atom. The van der Waals surface area contributed by atoms with E-state index in [0.29, 0.717) is 6.54 Å². The summed E-state index contributed by atoms with van der Waals surface area (Å²) in [4.78, 5) is 12.6. The molecular weight excluding hydrogens is 286 g/mol. The number of carbonyl (C=O) groups excluding carboxylic acids is 1. The molecular formula is C20H23NO2. The molecule has 1 unspecified atom stereocenters. The summed E-state index contributed by atoms with van der Waals surface area (Å²) in [5.74, 6) is -0.0686. The second-order valence-electron chi connectivity index (χ2n) is 6.24. The van der Waals surface area contributed by atoms with Crippen LogP contribution in [0.15, 0.2) is 60.7 Å². The first-order valence-electron chi connectivity index (χ1n) is 8.16. The monoisotopic (exact) mass is 309 g/mol. The van der Waals surface area contributed by atoms with Crippen molar-refractivity contribution in [2.24, 2.45) is 0 Å². The lowest BCUT2D eigenvalue weighted by molar-refractivity contribution is -0.131. The third-order valence-electron chi connectivity index (χ3n) is 4.87. The fourth-order valence-corrected chi connectivity index (χ4v) is 3.33. The van der Waals surface area contributed by atoms with Gasteiger partial charge in [-0.2, -0.15) is 0 Å². The number of amides is 1. The molecule has 3 nitrogen and oxygen atoms in total. The molecule has 1 N–H and O–H groups in total. The quantitative estimate of drug-likeness (QED) is 0.885. The van der Waals surface area contributed by atoms with Gasteiger partial charge in [-0.25, -0.2) is 0 Å². The Bertz CT molecular complexity index is 635. The molecule has 2 aromatic carbocycles. The normalized spacial score (nSPS) is 17.1. The summed E-state index contributed by atoms with van der Waals surface area (Å²) >= 11 is 0. The van der Waals surface area contributed by atoms with Gasteiger partial charge in [-0.15, -0.1) is 0 Å². The van der Waals surface area contributed by atoms with Gasteiger partial charge in [-0.05, 0) is 24.0 Å². The van der Waals surface area contributed by atoms with E-state index in [1.165, 1.54) is 12.0 Å². The van der Waals surface area contributed by atoms with Crippen LogP contribution in [0.2, 0.25) is 0 Å². The number of benzene rings is 2. The number of ether oxygens (including phenoxy) is 1. The molecule has 1 aliphatic rings. The van der Waals surface area contributed by atoms with Crippen LogP contribution in [-0.4, -0.2) is 19.6 Å². The minimum atomic E-state index is -0.552. The van der Waals surface area contributed by atoms with E-state index in [2.05, 4.69) is 29.6 Å². The number of carbonyl (C=O) groups is 1. The molecule has 0 heterocycles. The molecule has 3 rings (SSSR count). The summed E-state index contributed by atoms with van der Waals surface area (Å²) in [5, 5.41) is 3.11. The van der Waals surface area contributed by atoms with E-state index in [1.807, 2.05) is 36.4 Å². The van der Waals surface area contributed by atoms with E-state index in [0.717, 1.165) is 18.4 Å². The minimum Gasteiger partial charge on any atom is -0.367 e. The van der Waals surface area contributed by atoms with Crippen LogP contribution < -0.4 is 5.32 Å². The lowest BCUT2D eigenvalue weighted by Crippen LogP contribution is -2.46. The number of hydrogen-bond acceptors (Lipinski definition) is 2. The van der Waals surface area contributed by atoms with Crippen LogP contribution in [0.1, 0.15) is 36.5 Å². The zero-order valence-corrected chi connectivity index (χ0v) is 13.5. The molecule has 1 fully saturated rings. The molecule has 1 aliphatic carbocycles. The zero-order valence-electron chi connectivity index (χ0n) is 13.5. The Hall–Kier alpha value is -2.13. The topological polar surface area (TPSA) is 38.3 Å². The summed E-state index contributed by atoms with van der Waals surface area (Å²) in [7, 11) is 1.58. The van der Waals surface area contributed by atoms with Gasteiger partial charge < -0.3 is 10.1 Å². The molecule has 0 aromatic heterocycles. The highest BCUT2D eigenvalue weighted by atomic mass is 16.5. The van der Waals surface area contributed by atoms with Crippen LogP contribution in [0.3, 0.4) is 0 Å². The lowest BCUT2D eigenvalue weighted by Gasteiger charge is -2.42. The number of hydrogen-bond donors (Lipinski definition) is 1. The van der Waals surface area contributed by atoms with Crippen LogP contribution >= 0.6 is 0 Å². The third-order valence-corrected chi connectivity index (χ3v) is 4.87. The largest absolute Gasteiger partial charge is 0.367 e. The standard InChI is InChI=1S/C20H23NO2/c1-23-18(16-9-4-2-5-10-16)19(22)21-15-20(13-8-14-20)17-11-6-3-7-12-17/h2-7,9-12,18H,8,13-15H2,1H3,(H,21,22). The Labute approximate surface area is 137 Å². The highest BCUT2D eigenvalue weighted by Gasteiger charge is 2.39. The van der Waals surface area contributed by atoms with Crippen molar-refractivity contribution >= 4 is 5.91 Å². The Balaban J connectivity index is 1.68. The molecule has 1 saturated carbocycles. The second kappa shape index (κ2) is 6.97. The van der Waals surface area contributed by atoms with Crippen LogP contribution in [-0.2, 0) is 14.9 Å². The van der Waals surface area contributed by atoms with E-state index in [1.54, 1.807) is 7.11 Å². The molecule has 1 atom stereocenters. The lowest BCUT2D eigenvalue weighted by atomic mass is 9.64. The molecule has 2 aromatic rings. The summed E-state index contributed by atoms with van der Waals surface area (Å²) in [6.07, 6.45) is 2.92. The molecule has 1 amide bonds. The smallest absolute Gasteiger partial charge is 0.253 e. The fraction of sp³-hybridized carbons (Fsp3) is 0.350. The van der Waals surface area contributed by atoms with Crippen molar-refractivity contribution in [1.29, 1.82) is 0 Å². The zero-order chi connectivity index (χ0) is 16.1. The predicted octanol–water partition coefficient (Wildman–Crippen LogP) is 3.61. The van der Waals surface area contributed by atoms with Crippen molar-refractivity contribution in [3.05, 3.63) is 71.8 Å². The highest BCUT2D eigenvalue weighted by molar-refractivity contribution is 5.82. The fourth-order valence-electron chi connectivity index (χ4n) is 3.33. The van der Waals surface area contributed by atoms with Gasteiger partial charge in [0.25, 0.3) is 5.91 Å². The molecule has 0 radical (unpaired) electrons. The molecule has 0 spiro atoms. The molecule has 120 valence electrons. The van der Waals surface area contributed by atoms with Gasteiger partial charge in [-0.1, -0.05) is 67.1 Å². The van der Waals surface area contributed by atoms with E-state index in [-0.39, 0.29) is 11.3 Å². The van der Waals surface area contributed by atoms with Crippen molar-refractivity contribution in [3.63, 3.8) is 0 Å². The van der Waals surface area contributed by atoms with Gasteiger partial charge in [0.05, 0.1) is 0 Å². The minimum absolute atomic E-state index is 0.0686. The van der Waals surface area contributed by atoms with Crippen LogP contribution in [0.25, 0.3) is 0 Å². The maximum absolute atomic E-state index is 12.6. The molecule has 0 saturated heterocycles. The van der Waals surface area contributed by atoms with E-state index in [4.69, 9.17) is 4.74 Å². The van der Waals surface area contributed by atoms with Crippen LogP contribution in [0.4, 0.5) is 0 Å². The van der Waals surface area contributed by atoms with Crippen molar-refractivity contribution < 1.29 is 9.53 Å². The van der Waals surface area contributed by atoms with Gasteiger partial charge in [0.15, 0.2) is 6.10 Å². The maximum Gasteiger partial charge on any atom is 0.253 e. The van der Waals surface area contributed by atoms with Gasteiger partial charge in [0, 0.05) is 19.1 Å². The first kappa shape index (κ1) is 15.8. The van der Waals surface area contributed by atoms with Gasteiger partial charge >= 0.3 is 0 Å². The third kappa shape index (κ3) is 3.30. The Morgan fingerprint density at radius 3 is 2.22 bits per heavy atom. The van der Waals surface area contributed by atoms with Crippen molar-refractivity contribution in [1.82, 2.24) is 5.32 Å². The number of nitrogens with one attached hydrogen (secondary N) is 1. The first-order chi connectivity index (χ1) is 11.2. The van der Waals surface area contributed by atoms with Crippen molar-refractivity contribution in [2.45, 2.75) is 30.8 Å². The van der Waals surface area contributed by atoms with Crippen molar-refractivity contribution in [3.8, 4) is 0 Å². The van der Waals surface area contributed by atoms with Gasteiger partial charge in [0.1, 0.15) is 0 Å². The summed E-state index contributed by atoms with van der Waals surface area (Å²) in [6, 6.07) is 20.1. The predicted molar refractivity (Wildman–Crippen MR) is 91.2 cm³/mol. The highest BCUT2D eigenvalue weighted by Crippen LogP contribution is 2.43. The van der Waals surface area contributed by atoms with Crippen LogP contribution in [0.5, 0.6) is 0 Å². The molecule has 23 heavy (non-hydrogen) atoms. The molecule has 3 heteroatoms. The Morgan fingerprint density at radius 2 is 1.70 bits per heavy atom. The maximum atomic E-state index is 12.6. The number of rotatable bonds is 6. The second-order valence-corrected chi connectivity index (χ2v) is 6.24. The van der Waals surface area contributed by atoms with Crippen molar-refractivity contribution in [2.75, 3.05) is 13.7 Å². The summed E-state index contributed by atoms with van der Waals surface area (Å²) in [5.41, 5.74) is 2.29. The van der Waals surface area contributed by atoms with E-state index < -0.39 is 6.10 Å². The van der Waals surface area contributed by atoms with E-state index >= 15 is 0 Å². The first-order valence-corrected chi connectivity index (χ1v) is 8.16. The molecule has 0 bridgehead atoms. The number of methoxy groups -OCH3 is 1. The molecule has 0 aliphatic heterocycles. The average molecular weight is 309 g/mol. The van der Waals surface area contributed by atoms with Crippen LogP contribution in [0, 0.1) is 0 Å². The SMILES string of the molecule is COC(C(=O)NCC1(c2ccccc2)CCC1)c1ccccc1. The average Bonchev–Trinajstić information content (AvgIpc) is 2.56. The van der Waals surface area contributed by atoms with E-state index in [9.17, 15) is 4.79 Å². The summed E-state index contributed by atoms with van der Waals surface area (Å²) in [6.45, 7) is 0.669. The summed E-state index contributed by atoms with van der Waals surface area (Å²) < 4.78 is 5.41. The van der Waals surface area contributed by atoms with Gasteiger partial charge in [-0.3, -0.25) is 4.79 Å². The van der Waals surface area contributed by atoms with Gasteiger partial charge in [0.2, 0.25) is 0 Å². The Kier molecular flexibility index (Phi) is 4.77.